The first-order valence-electron chi connectivity index (χ1n) is 10.2. The zero-order valence-corrected chi connectivity index (χ0v) is 19.2. The number of aliphatic hydroxyl groups excluding tert-OH is 9. The second kappa shape index (κ2) is 15.8. The quantitative estimate of drug-likeness (QED) is 0.0562. The highest BCUT2D eigenvalue weighted by Crippen LogP contribution is 2.17. The van der Waals surface area contributed by atoms with Crippen LogP contribution in [-0.2, 0) is 43.0 Å². The van der Waals surface area contributed by atoms with Gasteiger partial charge in [-0.05, 0) is 0 Å². The molecule has 39 heavy (non-hydrogen) atoms. The molecule has 0 heterocycles. The van der Waals surface area contributed by atoms with Gasteiger partial charge in [0.25, 0.3) is 0 Å². The maximum atomic E-state index is 12.2. The lowest BCUT2D eigenvalue weighted by atomic mass is 10.0. The van der Waals surface area contributed by atoms with Gasteiger partial charge in [-0.25, -0.2) is 28.8 Å². The van der Waals surface area contributed by atoms with Crippen molar-refractivity contribution in [2.45, 2.75) is 61.0 Å². The molecule has 0 amide bonds. The van der Waals surface area contributed by atoms with E-state index in [1.165, 1.54) is 0 Å². The molecule has 0 saturated heterocycles. The van der Waals surface area contributed by atoms with Gasteiger partial charge in [0.2, 0.25) is 0 Å². The molecule has 0 rings (SSSR count). The van der Waals surface area contributed by atoms with E-state index in [9.17, 15) is 69.6 Å². The first-order valence-corrected chi connectivity index (χ1v) is 10.2. The van der Waals surface area contributed by atoms with Gasteiger partial charge in [-0.3, -0.25) is 0 Å². The summed E-state index contributed by atoms with van der Waals surface area (Å²) in [6, 6.07) is 0. The number of carboxylic acids is 3. The number of hydrogen-bond donors (Lipinski definition) is 12. The van der Waals surface area contributed by atoms with Gasteiger partial charge in [-0.1, -0.05) is 0 Å². The minimum Gasteiger partial charge on any atom is -0.479 e. The molecule has 0 bridgehead atoms. The minimum absolute atomic E-state index is 1.33. The molecule has 0 aliphatic heterocycles. The van der Waals surface area contributed by atoms with E-state index in [0.29, 0.717) is 0 Å². The van der Waals surface area contributed by atoms with Crippen LogP contribution in [0.2, 0.25) is 0 Å². The van der Waals surface area contributed by atoms with Crippen molar-refractivity contribution in [2.75, 3.05) is 13.2 Å². The maximum absolute atomic E-state index is 12.2. The number of hydrogen-bond acceptors (Lipinski definition) is 18. The Hall–Kier alpha value is -3.54. The van der Waals surface area contributed by atoms with Gasteiger partial charge in [0.1, 0.15) is 18.8 Å². The summed E-state index contributed by atoms with van der Waals surface area (Å²) >= 11 is 0. The minimum atomic E-state index is -2.92. The topological polar surface area (TPSA) is 373 Å². The zero-order chi connectivity index (χ0) is 30.8. The van der Waals surface area contributed by atoms with Gasteiger partial charge in [0.05, 0.1) is 6.61 Å². The summed E-state index contributed by atoms with van der Waals surface area (Å²) in [6.07, 6.45) is -27.3. The van der Waals surface area contributed by atoms with Crippen LogP contribution >= 0.6 is 0 Å². The van der Waals surface area contributed by atoms with Crippen LogP contribution in [0.15, 0.2) is 0 Å². The second-order valence-electron chi connectivity index (χ2n) is 7.43. The summed E-state index contributed by atoms with van der Waals surface area (Å²) in [5.41, 5.74) is 0. The van der Waals surface area contributed by atoms with Crippen molar-refractivity contribution in [3.8, 4) is 0 Å². The van der Waals surface area contributed by atoms with Crippen molar-refractivity contribution in [1.29, 1.82) is 0 Å². The molecule has 0 spiro atoms. The van der Waals surface area contributed by atoms with E-state index >= 15 is 0 Å². The monoisotopic (exact) mass is 578 g/mol. The molecular formula is C18H26O21. The van der Waals surface area contributed by atoms with Crippen LogP contribution in [0.4, 0.5) is 0 Å². The summed E-state index contributed by atoms with van der Waals surface area (Å²) in [4.78, 5) is 68.5. The maximum Gasteiger partial charge on any atom is 0.338 e. The molecule has 0 aromatic carbocycles. The lowest BCUT2D eigenvalue weighted by Gasteiger charge is -2.33. The molecule has 0 saturated carbocycles. The number of aliphatic hydroxyl groups is 9. The number of carbonyl (C=O) groups excluding carboxylic acids is 3. The van der Waals surface area contributed by atoms with Crippen LogP contribution in [0.1, 0.15) is 0 Å². The van der Waals surface area contributed by atoms with E-state index in [4.69, 9.17) is 20.4 Å². The Bertz CT molecular complexity index is 888. The van der Waals surface area contributed by atoms with E-state index in [0.717, 1.165) is 0 Å². The largest absolute Gasteiger partial charge is 0.479 e. The van der Waals surface area contributed by atoms with E-state index in [2.05, 4.69) is 14.2 Å². The van der Waals surface area contributed by atoms with Gasteiger partial charge < -0.3 is 75.5 Å². The molecule has 0 aromatic heterocycles. The van der Waals surface area contributed by atoms with Crippen LogP contribution in [0.3, 0.4) is 0 Å². The molecule has 224 valence electrons. The fraction of sp³-hybridized carbons (Fsp3) is 0.667. The summed E-state index contributed by atoms with van der Waals surface area (Å²) < 4.78 is 13.5. The number of aliphatic carboxylic acids is 3. The Kier molecular flexibility index (Phi) is 14.3. The lowest BCUT2D eigenvalue weighted by Crippen LogP contribution is -2.55. The van der Waals surface area contributed by atoms with Gasteiger partial charge >= 0.3 is 35.8 Å². The van der Waals surface area contributed by atoms with E-state index < -0.39 is 110 Å². The molecule has 12 N–H and O–H groups in total. The Morgan fingerprint density at radius 1 is 0.538 bits per heavy atom. The Morgan fingerprint density at radius 3 is 1.26 bits per heavy atom. The molecule has 0 fully saturated rings. The Morgan fingerprint density at radius 2 is 0.897 bits per heavy atom. The van der Waals surface area contributed by atoms with Crippen molar-refractivity contribution in [2.24, 2.45) is 0 Å². The van der Waals surface area contributed by atoms with Crippen LogP contribution in [-0.4, -0.2) is 171 Å². The third-order valence-electron chi connectivity index (χ3n) is 4.57. The third-order valence-corrected chi connectivity index (χ3v) is 4.57. The van der Waals surface area contributed by atoms with Crippen molar-refractivity contribution < 1.29 is 104 Å². The molecule has 0 aliphatic carbocycles. The molecule has 0 radical (unpaired) electrons. The molecule has 10 atom stereocenters. The predicted octanol–water partition coefficient (Wildman–Crippen LogP) is -8.51. The number of rotatable bonds is 17. The zero-order valence-electron chi connectivity index (χ0n) is 19.2. The van der Waals surface area contributed by atoms with Crippen molar-refractivity contribution in [1.82, 2.24) is 0 Å². The first kappa shape index (κ1) is 35.5. The fourth-order valence-electron chi connectivity index (χ4n) is 2.35. The van der Waals surface area contributed by atoms with Crippen LogP contribution in [0.5, 0.6) is 0 Å². The van der Waals surface area contributed by atoms with Crippen LogP contribution in [0.25, 0.3) is 0 Å². The lowest BCUT2D eigenvalue weighted by molar-refractivity contribution is -0.208. The van der Waals surface area contributed by atoms with E-state index in [1.54, 1.807) is 0 Å². The van der Waals surface area contributed by atoms with Crippen molar-refractivity contribution in [3.63, 3.8) is 0 Å². The molecule has 6 unspecified atom stereocenters. The highest BCUT2D eigenvalue weighted by atomic mass is 16.6. The summed E-state index contributed by atoms with van der Waals surface area (Å²) in [6.45, 7) is -2.89. The fourth-order valence-corrected chi connectivity index (χ4v) is 2.35. The Labute approximate surface area is 215 Å². The number of carboxylic acid groups (broad SMARTS) is 3. The van der Waals surface area contributed by atoms with E-state index in [1.807, 2.05) is 0 Å². The molecular weight excluding hydrogens is 552 g/mol. The first-order chi connectivity index (χ1) is 17.9. The summed E-state index contributed by atoms with van der Waals surface area (Å²) in [5.74, 6) is -12.6. The van der Waals surface area contributed by atoms with Gasteiger partial charge in [0.15, 0.2) is 48.8 Å². The van der Waals surface area contributed by atoms with Crippen molar-refractivity contribution in [3.05, 3.63) is 0 Å². The standard InChI is InChI=1S/C18H26O21/c19-1-3(20)5(21)12(39-18(36)11(27)8(24)15(32)33)4(38-17(35)10(26)7(23)14(30)31)2-37-16(34)9(25)6(22)13(28)29/h3-12,19-27H,1-2H2,(H,28,29)(H,30,31)(H,32,33)/t3-,4+,5-,6?,7?,8?,9?,10?,11?,12-/m1/s1. The average molecular weight is 578 g/mol. The van der Waals surface area contributed by atoms with Gasteiger partial charge in [0, 0.05) is 0 Å². The predicted molar refractivity (Wildman–Crippen MR) is 109 cm³/mol. The van der Waals surface area contributed by atoms with Gasteiger partial charge in [-0.2, -0.15) is 0 Å². The molecule has 21 nitrogen and oxygen atoms in total. The number of carbonyl (C=O) groups is 6. The SMILES string of the molecule is O=C(O)C(O)C(O)C(=O)OC[C@H](OC(=O)C(O)C(O)C(=O)O)[C@@H](OC(=O)C(O)C(O)C(=O)O)[C@H](O)[C@H](O)CO. The highest BCUT2D eigenvalue weighted by Gasteiger charge is 2.44. The average Bonchev–Trinajstić information content (AvgIpc) is 2.89. The third kappa shape index (κ3) is 10.3. The smallest absolute Gasteiger partial charge is 0.338 e. The van der Waals surface area contributed by atoms with Gasteiger partial charge in [-0.15, -0.1) is 0 Å². The molecule has 0 aliphatic rings. The number of esters is 3. The highest BCUT2D eigenvalue weighted by molar-refractivity contribution is 5.86. The second-order valence-corrected chi connectivity index (χ2v) is 7.43. The van der Waals surface area contributed by atoms with E-state index in [-0.39, 0.29) is 0 Å². The molecule has 21 heteroatoms. The number of ether oxygens (including phenoxy) is 3. The molecule has 0 aromatic rings. The summed E-state index contributed by atoms with van der Waals surface area (Å²) in [7, 11) is 0. The van der Waals surface area contributed by atoms with Crippen LogP contribution in [0, 0.1) is 0 Å². The normalized spacial score (nSPS) is 19.0. The van der Waals surface area contributed by atoms with Crippen molar-refractivity contribution >= 4 is 35.8 Å². The summed E-state index contributed by atoms with van der Waals surface area (Å²) in [5, 5.41) is 112. The van der Waals surface area contributed by atoms with Crippen LogP contribution < -0.4 is 0 Å². The Balaban J connectivity index is 6.33.